The number of nitrogens with zero attached hydrogens (tertiary/aromatic N) is 2. The van der Waals surface area contributed by atoms with E-state index < -0.39 is 17.8 Å². The summed E-state index contributed by atoms with van der Waals surface area (Å²) in [5.74, 6) is -1.12. The maximum absolute atomic E-state index is 14.3. The average molecular weight is 537 g/mol. The van der Waals surface area contributed by atoms with Gasteiger partial charge >= 0.3 is 0 Å². The number of anilines is 2. The molecule has 1 aliphatic carbocycles. The van der Waals surface area contributed by atoms with Gasteiger partial charge in [-0.2, -0.15) is 0 Å². The number of hydrogen-bond donors (Lipinski definition) is 2. The van der Waals surface area contributed by atoms with Gasteiger partial charge in [0, 0.05) is 35.8 Å². The number of hydrogen-bond acceptors (Lipinski definition) is 4. The minimum absolute atomic E-state index is 0.0209. The molecule has 9 heteroatoms. The Labute approximate surface area is 226 Å². The molecule has 1 atom stereocenters. The Balaban J connectivity index is 1.57. The molecule has 0 spiro atoms. The Bertz CT molecular complexity index is 1250. The van der Waals surface area contributed by atoms with Crippen molar-refractivity contribution < 1.29 is 18.8 Å². The molecule has 3 amide bonds. The second-order valence-corrected chi connectivity index (χ2v) is 9.74. The van der Waals surface area contributed by atoms with E-state index in [0.717, 1.165) is 25.7 Å². The Morgan fingerprint density at radius 2 is 1.76 bits per heavy atom. The van der Waals surface area contributed by atoms with Gasteiger partial charge in [-0.25, -0.2) is 9.37 Å². The first kappa shape index (κ1) is 27.3. The number of carbonyl (C=O) groups excluding carboxylic acids is 3. The molecule has 0 bridgehead atoms. The minimum Gasteiger partial charge on any atom is -0.351 e. The fourth-order valence-electron chi connectivity index (χ4n) is 4.64. The van der Waals surface area contributed by atoms with E-state index in [1.807, 2.05) is 0 Å². The normalized spacial score (nSPS) is 14.1. The highest BCUT2D eigenvalue weighted by Gasteiger charge is 2.34. The maximum atomic E-state index is 14.3. The van der Waals surface area contributed by atoms with Gasteiger partial charge in [0.15, 0.2) is 0 Å². The molecule has 198 valence electrons. The summed E-state index contributed by atoms with van der Waals surface area (Å²) in [7, 11) is 0. The molecule has 1 saturated carbocycles. The highest BCUT2D eigenvalue weighted by atomic mass is 35.5. The molecule has 0 aliphatic heterocycles. The summed E-state index contributed by atoms with van der Waals surface area (Å²) >= 11 is 6.10. The van der Waals surface area contributed by atoms with Crippen LogP contribution in [0.4, 0.5) is 15.9 Å². The molecule has 1 heterocycles. The lowest BCUT2D eigenvalue weighted by molar-refractivity contribution is -0.127. The Hall–Kier alpha value is -3.78. The van der Waals surface area contributed by atoms with Gasteiger partial charge in [-0.1, -0.05) is 48.7 Å². The van der Waals surface area contributed by atoms with Crippen LogP contribution < -0.4 is 15.5 Å². The van der Waals surface area contributed by atoms with Gasteiger partial charge in [0.05, 0.1) is 0 Å². The Morgan fingerprint density at radius 3 is 2.45 bits per heavy atom. The monoisotopic (exact) mass is 536 g/mol. The number of nitrogens with one attached hydrogen (secondary N) is 2. The third-order valence-electron chi connectivity index (χ3n) is 6.48. The van der Waals surface area contributed by atoms with Crippen molar-refractivity contribution in [2.45, 2.75) is 57.0 Å². The first-order valence-electron chi connectivity index (χ1n) is 12.7. The predicted molar refractivity (Wildman–Crippen MR) is 145 cm³/mol. The highest BCUT2D eigenvalue weighted by molar-refractivity contribution is 6.30. The number of benzene rings is 2. The molecule has 0 saturated heterocycles. The van der Waals surface area contributed by atoms with Gasteiger partial charge in [0.2, 0.25) is 17.7 Å². The number of pyridine rings is 1. The van der Waals surface area contributed by atoms with E-state index in [1.54, 1.807) is 54.7 Å². The zero-order valence-electron chi connectivity index (χ0n) is 20.9. The van der Waals surface area contributed by atoms with E-state index >= 15 is 0 Å². The van der Waals surface area contributed by atoms with E-state index in [4.69, 9.17) is 11.6 Å². The van der Waals surface area contributed by atoms with Crippen molar-refractivity contribution in [3.8, 4) is 0 Å². The van der Waals surface area contributed by atoms with Gasteiger partial charge in [-0.15, -0.1) is 0 Å². The summed E-state index contributed by atoms with van der Waals surface area (Å²) < 4.78 is 14.3. The van der Waals surface area contributed by atoms with E-state index in [-0.39, 0.29) is 42.8 Å². The number of rotatable bonds is 10. The highest BCUT2D eigenvalue weighted by Crippen LogP contribution is 2.31. The summed E-state index contributed by atoms with van der Waals surface area (Å²) in [6, 6.07) is 16.5. The van der Waals surface area contributed by atoms with Crippen LogP contribution in [0.5, 0.6) is 0 Å². The standard InChI is InChI=1S/C29H30ClFN4O3/c30-21-16-14-20(15-17-21)28(29(38)33-23-8-1-2-9-23)35(24-10-5-7-22(31)19-24)27(37)13-6-12-26(36)34-25-11-3-4-18-32-25/h3-5,7,10-11,14-19,23,28H,1-2,6,8-9,12-13H2,(H,33,38)(H,32,34,36)/t28-/m0/s1. The van der Waals surface area contributed by atoms with Gasteiger partial charge in [0.1, 0.15) is 17.7 Å². The topological polar surface area (TPSA) is 91.4 Å². The number of aromatic nitrogens is 1. The fraction of sp³-hybridized carbons (Fsp3) is 0.310. The molecule has 0 unspecified atom stereocenters. The number of carbonyl (C=O) groups is 3. The molecule has 0 radical (unpaired) electrons. The summed E-state index contributed by atoms with van der Waals surface area (Å²) in [6.45, 7) is 0. The van der Waals surface area contributed by atoms with Crippen LogP contribution in [0.1, 0.15) is 56.6 Å². The summed E-state index contributed by atoms with van der Waals surface area (Å²) in [5, 5.41) is 6.27. The zero-order chi connectivity index (χ0) is 26.9. The largest absolute Gasteiger partial charge is 0.351 e. The van der Waals surface area contributed by atoms with Gasteiger partial charge < -0.3 is 10.6 Å². The molecular weight excluding hydrogens is 507 g/mol. The first-order chi connectivity index (χ1) is 18.4. The fourth-order valence-corrected chi connectivity index (χ4v) is 4.76. The third kappa shape index (κ3) is 7.38. The molecular formula is C29H30ClFN4O3. The lowest BCUT2D eigenvalue weighted by Gasteiger charge is -2.32. The van der Waals surface area contributed by atoms with Crippen LogP contribution in [-0.2, 0) is 14.4 Å². The van der Waals surface area contributed by atoms with Crippen molar-refractivity contribution in [3.63, 3.8) is 0 Å². The molecule has 3 aromatic rings. The van der Waals surface area contributed by atoms with Gasteiger partial charge in [0.25, 0.3) is 0 Å². The van der Waals surface area contributed by atoms with Crippen LogP contribution in [0.3, 0.4) is 0 Å². The second kappa shape index (κ2) is 13.1. The van der Waals surface area contributed by atoms with Crippen LogP contribution in [0.25, 0.3) is 0 Å². The summed E-state index contributed by atoms with van der Waals surface area (Å²) in [5.41, 5.74) is 0.810. The van der Waals surface area contributed by atoms with Crippen molar-refractivity contribution in [1.82, 2.24) is 10.3 Å². The van der Waals surface area contributed by atoms with E-state index in [1.165, 1.54) is 23.1 Å². The third-order valence-corrected chi connectivity index (χ3v) is 6.73. The molecule has 1 fully saturated rings. The molecule has 2 aromatic carbocycles. The molecule has 1 aliphatic rings. The van der Waals surface area contributed by atoms with Crippen LogP contribution in [0.15, 0.2) is 72.9 Å². The van der Waals surface area contributed by atoms with Gasteiger partial charge in [-0.05, 0) is 67.3 Å². The van der Waals surface area contributed by atoms with Crippen LogP contribution in [0.2, 0.25) is 5.02 Å². The molecule has 1 aromatic heterocycles. The minimum atomic E-state index is -1.04. The lowest BCUT2D eigenvalue weighted by Crippen LogP contribution is -2.46. The lowest BCUT2D eigenvalue weighted by atomic mass is 10.0. The number of amides is 3. The van der Waals surface area contributed by atoms with Crippen molar-refractivity contribution in [3.05, 3.63) is 89.3 Å². The van der Waals surface area contributed by atoms with E-state index in [9.17, 15) is 18.8 Å². The zero-order valence-corrected chi connectivity index (χ0v) is 21.7. The quantitative estimate of drug-likeness (QED) is 0.342. The molecule has 7 nitrogen and oxygen atoms in total. The van der Waals surface area contributed by atoms with Crippen molar-refractivity contribution in [2.75, 3.05) is 10.2 Å². The smallest absolute Gasteiger partial charge is 0.248 e. The molecule has 2 N–H and O–H groups in total. The van der Waals surface area contributed by atoms with Gasteiger partial charge in [-0.3, -0.25) is 19.3 Å². The van der Waals surface area contributed by atoms with Crippen molar-refractivity contribution in [2.24, 2.45) is 0 Å². The second-order valence-electron chi connectivity index (χ2n) is 9.30. The Morgan fingerprint density at radius 1 is 1.00 bits per heavy atom. The van der Waals surface area contributed by atoms with Crippen LogP contribution in [-0.4, -0.2) is 28.7 Å². The van der Waals surface area contributed by atoms with Crippen molar-refractivity contribution >= 4 is 40.8 Å². The SMILES string of the molecule is O=C(CCCC(=O)N(c1cccc(F)c1)[C@H](C(=O)NC1CCCC1)c1ccc(Cl)cc1)Nc1ccccn1. The first-order valence-corrected chi connectivity index (χ1v) is 13.1. The average Bonchev–Trinajstić information content (AvgIpc) is 3.41. The molecule has 4 rings (SSSR count). The Kier molecular flexibility index (Phi) is 9.43. The summed E-state index contributed by atoms with van der Waals surface area (Å²) in [6.07, 6.45) is 5.68. The van der Waals surface area contributed by atoms with E-state index in [2.05, 4.69) is 15.6 Å². The predicted octanol–water partition coefficient (Wildman–Crippen LogP) is 5.82. The van der Waals surface area contributed by atoms with E-state index in [0.29, 0.717) is 16.4 Å². The van der Waals surface area contributed by atoms with Crippen LogP contribution in [0, 0.1) is 5.82 Å². The maximum Gasteiger partial charge on any atom is 0.248 e. The van der Waals surface area contributed by atoms with Crippen LogP contribution >= 0.6 is 11.6 Å². The van der Waals surface area contributed by atoms with Crippen molar-refractivity contribution in [1.29, 1.82) is 0 Å². The summed E-state index contributed by atoms with van der Waals surface area (Å²) in [4.78, 5) is 45.1. The molecule has 38 heavy (non-hydrogen) atoms. The number of halogens is 2.